The molecule has 1 N–H and O–H groups in total. The molecule has 4 aromatic rings. The number of pyridine rings is 1. The van der Waals surface area contributed by atoms with Gasteiger partial charge in [0.25, 0.3) is 0 Å². The Balaban J connectivity index is 1.85. The maximum Gasteiger partial charge on any atom is 0.227 e. The molecule has 5 rings (SSSR count). The van der Waals surface area contributed by atoms with Crippen molar-refractivity contribution in [1.29, 1.82) is 0 Å². The van der Waals surface area contributed by atoms with Gasteiger partial charge in [0.2, 0.25) is 5.71 Å². The summed E-state index contributed by atoms with van der Waals surface area (Å²) in [4.78, 5) is 15.4. The Morgan fingerprint density at radius 1 is 1.04 bits per heavy atom. The highest BCUT2D eigenvalue weighted by atomic mass is 16.3. The molecule has 1 aliphatic heterocycles. The predicted molar refractivity (Wildman–Crippen MR) is 93.5 cm³/mol. The standard InChI is InChI=1S/C18H15N5O/c1-10-5-6-12-13-4-3-7-21-18(13)24-15(12)14(10)23-11(2)22-16-17(23)20-9-8-19-16/h3-9,11H,1-2H3,(H,19,22)/t11-/m0/s1. The lowest BCUT2D eigenvalue weighted by atomic mass is 10.1. The van der Waals surface area contributed by atoms with Crippen LogP contribution in [0.1, 0.15) is 12.5 Å². The number of nitrogens with zero attached hydrogens (tertiary/aromatic N) is 4. The molecule has 6 heteroatoms. The van der Waals surface area contributed by atoms with Crippen LogP contribution >= 0.6 is 0 Å². The minimum atomic E-state index is 0.0351. The maximum absolute atomic E-state index is 6.11. The van der Waals surface area contributed by atoms with Crippen molar-refractivity contribution in [3.63, 3.8) is 0 Å². The van der Waals surface area contributed by atoms with Crippen molar-refractivity contribution < 1.29 is 4.42 Å². The van der Waals surface area contributed by atoms with Crippen LogP contribution in [0.15, 0.2) is 47.3 Å². The van der Waals surface area contributed by atoms with Gasteiger partial charge in [-0.25, -0.2) is 15.0 Å². The summed E-state index contributed by atoms with van der Waals surface area (Å²) in [5.74, 6) is 1.60. The molecule has 0 aliphatic carbocycles. The van der Waals surface area contributed by atoms with E-state index in [2.05, 4.69) is 51.1 Å². The second kappa shape index (κ2) is 4.67. The lowest BCUT2D eigenvalue weighted by Crippen LogP contribution is -2.29. The molecule has 4 heterocycles. The Morgan fingerprint density at radius 3 is 2.83 bits per heavy atom. The topological polar surface area (TPSA) is 67.1 Å². The number of hydrogen-bond acceptors (Lipinski definition) is 6. The highest BCUT2D eigenvalue weighted by Gasteiger charge is 2.32. The number of aryl methyl sites for hydroxylation is 1. The highest BCUT2D eigenvalue weighted by Crippen LogP contribution is 2.43. The predicted octanol–water partition coefficient (Wildman–Crippen LogP) is 3.99. The van der Waals surface area contributed by atoms with Crippen molar-refractivity contribution in [2.45, 2.75) is 20.0 Å². The first-order chi connectivity index (χ1) is 11.7. The van der Waals surface area contributed by atoms with Gasteiger partial charge in [-0.05, 0) is 31.5 Å². The SMILES string of the molecule is Cc1ccc2c(oc3ncccc32)c1N1c2nccnc2N[C@@H]1C. The number of fused-ring (bicyclic) bond motifs is 4. The molecule has 0 saturated carbocycles. The first kappa shape index (κ1) is 13.3. The molecule has 0 fully saturated rings. The van der Waals surface area contributed by atoms with Crippen LogP contribution < -0.4 is 10.2 Å². The second-order valence-corrected chi connectivity index (χ2v) is 5.98. The van der Waals surface area contributed by atoms with E-state index in [1.165, 1.54) is 0 Å². The maximum atomic E-state index is 6.11. The van der Waals surface area contributed by atoms with Crippen molar-refractivity contribution in [1.82, 2.24) is 15.0 Å². The Kier molecular flexibility index (Phi) is 2.59. The van der Waals surface area contributed by atoms with E-state index in [0.29, 0.717) is 5.71 Å². The molecule has 0 saturated heterocycles. The Morgan fingerprint density at radius 2 is 1.92 bits per heavy atom. The van der Waals surface area contributed by atoms with Gasteiger partial charge in [0.15, 0.2) is 17.2 Å². The van der Waals surface area contributed by atoms with E-state index in [-0.39, 0.29) is 6.17 Å². The molecule has 1 aromatic carbocycles. The zero-order chi connectivity index (χ0) is 16.3. The lowest BCUT2D eigenvalue weighted by molar-refractivity contribution is 0.651. The molecule has 0 unspecified atom stereocenters. The molecule has 1 atom stereocenters. The van der Waals surface area contributed by atoms with Gasteiger partial charge in [0.05, 0.1) is 5.69 Å². The average molecular weight is 317 g/mol. The summed E-state index contributed by atoms with van der Waals surface area (Å²) in [7, 11) is 0. The number of nitrogens with one attached hydrogen (secondary N) is 1. The second-order valence-electron chi connectivity index (χ2n) is 5.98. The molecule has 0 bridgehead atoms. The van der Waals surface area contributed by atoms with E-state index in [4.69, 9.17) is 4.42 Å². The summed E-state index contributed by atoms with van der Waals surface area (Å²) in [6.45, 7) is 4.17. The molecule has 24 heavy (non-hydrogen) atoms. The fraction of sp³-hybridized carbons (Fsp3) is 0.167. The van der Waals surface area contributed by atoms with Crippen molar-refractivity contribution >= 4 is 39.4 Å². The monoisotopic (exact) mass is 317 g/mol. The molecular formula is C18H15N5O. The van der Waals surface area contributed by atoms with Gasteiger partial charge >= 0.3 is 0 Å². The molecule has 0 radical (unpaired) electrons. The van der Waals surface area contributed by atoms with Gasteiger partial charge < -0.3 is 9.73 Å². The van der Waals surface area contributed by atoms with Gasteiger partial charge in [-0.1, -0.05) is 12.1 Å². The van der Waals surface area contributed by atoms with E-state index < -0.39 is 0 Å². The van der Waals surface area contributed by atoms with E-state index >= 15 is 0 Å². The van der Waals surface area contributed by atoms with Crippen molar-refractivity contribution in [3.05, 3.63) is 48.4 Å². The van der Waals surface area contributed by atoms with Crippen LogP contribution in [0.3, 0.4) is 0 Å². The zero-order valence-corrected chi connectivity index (χ0v) is 13.3. The minimum absolute atomic E-state index is 0.0351. The Labute approximate surface area is 138 Å². The Hall–Kier alpha value is -3.15. The van der Waals surface area contributed by atoms with Crippen LogP contribution in [-0.2, 0) is 0 Å². The molecule has 118 valence electrons. The number of rotatable bonds is 1. The summed E-state index contributed by atoms with van der Waals surface area (Å²) in [5, 5.41) is 5.45. The first-order valence-corrected chi connectivity index (χ1v) is 7.87. The van der Waals surface area contributed by atoms with E-state index in [0.717, 1.165) is 39.2 Å². The third kappa shape index (κ3) is 1.68. The fourth-order valence-electron chi connectivity index (χ4n) is 3.41. The van der Waals surface area contributed by atoms with Crippen molar-refractivity contribution in [3.8, 4) is 0 Å². The first-order valence-electron chi connectivity index (χ1n) is 7.87. The number of furan rings is 1. The number of hydrogen-bond donors (Lipinski definition) is 1. The largest absolute Gasteiger partial charge is 0.435 e. The van der Waals surface area contributed by atoms with Gasteiger partial charge in [-0.3, -0.25) is 4.90 Å². The van der Waals surface area contributed by atoms with Crippen LogP contribution in [0.2, 0.25) is 0 Å². The number of anilines is 3. The quantitative estimate of drug-likeness (QED) is 0.572. The normalized spacial score (nSPS) is 16.6. The van der Waals surface area contributed by atoms with Crippen LogP contribution in [0.25, 0.3) is 22.1 Å². The van der Waals surface area contributed by atoms with Gasteiger partial charge in [0.1, 0.15) is 6.17 Å². The average Bonchev–Trinajstić information content (AvgIpc) is 3.12. The van der Waals surface area contributed by atoms with Gasteiger partial charge in [-0.15, -0.1) is 0 Å². The minimum Gasteiger partial charge on any atom is -0.435 e. The number of aromatic nitrogens is 3. The molecule has 0 spiro atoms. The van der Waals surface area contributed by atoms with Crippen LogP contribution in [0.4, 0.5) is 17.3 Å². The highest BCUT2D eigenvalue weighted by molar-refractivity contribution is 6.09. The van der Waals surface area contributed by atoms with E-state index in [9.17, 15) is 0 Å². The summed E-state index contributed by atoms with van der Waals surface area (Å²) < 4.78 is 6.11. The summed E-state index contributed by atoms with van der Waals surface area (Å²) in [5.41, 5.74) is 3.60. The molecule has 0 amide bonds. The third-order valence-corrected chi connectivity index (χ3v) is 4.47. The lowest BCUT2D eigenvalue weighted by Gasteiger charge is -2.24. The molecule has 6 nitrogen and oxygen atoms in total. The summed E-state index contributed by atoms with van der Waals surface area (Å²) in [6.07, 6.45) is 5.19. The zero-order valence-electron chi connectivity index (χ0n) is 13.3. The van der Waals surface area contributed by atoms with E-state index in [1.54, 1.807) is 18.6 Å². The van der Waals surface area contributed by atoms with E-state index in [1.807, 2.05) is 12.1 Å². The van der Waals surface area contributed by atoms with Gasteiger partial charge in [-0.2, -0.15) is 0 Å². The molecule has 1 aliphatic rings. The fourth-order valence-corrected chi connectivity index (χ4v) is 3.41. The van der Waals surface area contributed by atoms with Gasteiger partial charge in [0, 0.05) is 29.4 Å². The number of benzene rings is 1. The van der Waals surface area contributed by atoms with Crippen LogP contribution in [-0.4, -0.2) is 21.1 Å². The van der Waals surface area contributed by atoms with Crippen LogP contribution in [0, 0.1) is 6.92 Å². The van der Waals surface area contributed by atoms with Crippen molar-refractivity contribution in [2.24, 2.45) is 0 Å². The molecular weight excluding hydrogens is 302 g/mol. The van der Waals surface area contributed by atoms with Crippen molar-refractivity contribution in [2.75, 3.05) is 10.2 Å². The summed E-state index contributed by atoms with van der Waals surface area (Å²) in [6, 6.07) is 8.17. The Bertz CT molecular complexity index is 1090. The third-order valence-electron chi connectivity index (χ3n) is 4.47. The van der Waals surface area contributed by atoms with Crippen LogP contribution in [0.5, 0.6) is 0 Å². The smallest absolute Gasteiger partial charge is 0.227 e. The summed E-state index contributed by atoms with van der Waals surface area (Å²) >= 11 is 0. The molecule has 3 aromatic heterocycles.